The van der Waals surface area contributed by atoms with E-state index in [1.54, 1.807) is 0 Å². The fraction of sp³-hybridized carbons (Fsp3) is 0.263. The predicted molar refractivity (Wildman–Crippen MR) is 89.1 cm³/mol. The molecular weight excluding hydrogens is 242 g/mol. The minimum absolute atomic E-state index is 0.955. The molecule has 0 aliphatic rings. The maximum absolute atomic E-state index is 3.49. The lowest BCUT2D eigenvalue weighted by atomic mass is 9.98. The molecule has 104 valence electrons. The molecule has 0 spiro atoms. The summed E-state index contributed by atoms with van der Waals surface area (Å²) in [5.41, 5.74) is 6.60. The maximum Gasteiger partial charge on any atom is 0.0340 e. The molecule has 0 saturated carbocycles. The molecule has 0 heterocycles. The molecule has 0 radical (unpaired) electrons. The van der Waals surface area contributed by atoms with Crippen LogP contribution < -0.4 is 5.32 Å². The van der Waals surface area contributed by atoms with Gasteiger partial charge in [-0.1, -0.05) is 48.0 Å². The highest BCUT2D eigenvalue weighted by molar-refractivity contribution is 5.68. The monoisotopic (exact) mass is 265 g/mol. The molecule has 2 rings (SSSR count). The van der Waals surface area contributed by atoms with Crippen molar-refractivity contribution in [2.75, 3.05) is 11.9 Å². The van der Waals surface area contributed by atoms with E-state index in [1.807, 2.05) is 0 Å². The van der Waals surface area contributed by atoms with E-state index in [4.69, 9.17) is 0 Å². The minimum Gasteiger partial charge on any atom is -0.385 e. The molecule has 0 bridgehead atoms. The van der Waals surface area contributed by atoms with Crippen molar-refractivity contribution in [3.63, 3.8) is 0 Å². The molecule has 1 nitrogen and oxygen atoms in total. The molecule has 1 N–H and O–H groups in total. The van der Waals surface area contributed by atoms with Gasteiger partial charge in [0.1, 0.15) is 0 Å². The zero-order chi connectivity index (χ0) is 14.4. The van der Waals surface area contributed by atoms with Crippen molar-refractivity contribution in [2.45, 2.75) is 27.2 Å². The van der Waals surface area contributed by atoms with Gasteiger partial charge in [0.2, 0.25) is 0 Å². The standard InChI is InChI=1S/C19H23N/c1-4-17(19-8-6-5-7-16(19)3)13-14-20-18-11-9-15(2)10-12-18/h4-12,20H,13-14H2,1-3H3/b17-4-. The number of rotatable bonds is 5. The first-order valence-corrected chi connectivity index (χ1v) is 7.22. The third kappa shape index (κ3) is 3.74. The first-order valence-electron chi connectivity index (χ1n) is 7.22. The Morgan fingerprint density at radius 3 is 2.35 bits per heavy atom. The van der Waals surface area contributed by atoms with Crippen LogP contribution in [0.15, 0.2) is 54.6 Å². The Bertz CT molecular complexity index is 579. The van der Waals surface area contributed by atoms with Gasteiger partial charge in [-0.2, -0.15) is 0 Å². The molecule has 0 atom stereocenters. The van der Waals surface area contributed by atoms with Crippen LogP contribution in [0.1, 0.15) is 30.0 Å². The lowest BCUT2D eigenvalue weighted by molar-refractivity contribution is 1.08. The van der Waals surface area contributed by atoms with E-state index in [-0.39, 0.29) is 0 Å². The Hall–Kier alpha value is -2.02. The quantitative estimate of drug-likeness (QED) is 0.782. The Kier molecular flexibility index (Phi) is 5.00. The lowest BCUT2D eigenvalue weighted by Gasteiger charge is -2.12. The summed E-state index contributed by atoms with van der Waals surface area (Å²) in [5, 5.41) is 3.49. The highest BCUT2D eigenvalue weighted by Crippen LogP contribution is 2.21. The van der Waals surface area contributed by atoms with Crippen LogP contribution in [0.5, 0.6) is 0 Å². The van der Waals surface area contributed by atoms with Crippen molar-refractivity contribution in [3.05, 3.63) is 71.3 Å². The second kappa shape index (κ2) is 6.95. The van der Waals surface area contributed by atoms with Crippen LogP contribution in [-0.2, 0) is 0 Å². The topological polar surface area (TPSA) is 12.0 Å². The normalized spacial score (nSPS) is 11.4. The lowest BCUT2D eigenvalue weighted by Crippen LogP contribution is -2.03. The number of benzene rings is 2. The molecule has 0 aliphatic carbocycles. The van der Waals surface area contributed by atoms with Gasteiger partial charge < -0.3 is 5.32 Å². The van der Waals surface area contributed by atoms with E-state index in [1.165, 1.54) is 28.0 Å². The number of aryl methyl sites for hydroxylation is 2. The predicted octanol–water partition coefficient (Wildman–Crippen LogP) is 5.21. The van der Waals surface area contributed by atoms with E-state index < -0.39 is 0 Å². The molecule has 0 aliphatic heterocycles. The second-order valence-corrected chi connectivity index (χ2v) is 5.17. The number of nitrogens with one attached hydrogen (secondary N) is 1. The van der Waals surface area contributed by atoms with Gasteiger partial charge in [0.05, 0.1) is 0 Å². The summed E-state index contributed by atoms with van der Waals surface area (Å²) in [6, 6.07) is 17.1. The van der Waals surface area contributed by atoms with Crippen LogP contribution >= 0.6 is 0 Å². The number of hydrogen-bond acceptors (Lipinski definition) is 1. The van der Waals surface area contributed by atoms with Crippen molar-refractivity contribution in [3.8, 4) is 0 Å². The zero-order valence-electron chi connectivity index (χ0n) is 12.6. The molecule has 20 heavy (non-hydrogen) atoms. The molecule has 0 aromatic heterocycles. The average molecular weight is 265 g/mol. The Morgan fingerprint density at radius 1 is 1.00 bits per heavy atom. The SMILES string of the molecule is C/C=C(/CCNc1ccc(C)cc1)c1ccccc1C. The number of anilines is 1. The van der Waals surface area contributed by atoms with Gasteiger partial charge >= 0.3 is 0 Å². The van der Waals surface area contributed by atoms with Gasteiger partial charge in [-0.25, -0.2) is 0 Å². The van der Waals surface area contributed by atoms with Gasteiger partial charge in [0.15, 0.2) is 0 Å². The summed E-state index contributed by atoms with van der Waals surface area (Å²) in [6.07, 6.45) is 3.26. The van der Waals surface area contributed by atoms with E-state index in [0.717, 1.165) is 13.0 Å². The molecular formula is C19H23N. The Labute approximate surface area is 122 Å². The third-order valence-electron chi connectivity index (χ3n) is 3.61. The summed E-state index contributed by atoms with van der Waals surface area (Å²) in [6.45, 7) is 7.36. The van der Waals surface area contributed by atoms with Crippen LogP contribution in [0.3, 0.4) is 0 Å². The molecule has 2 aromatic carbocycles. The summed E-state index contributed by atoms with van der Waals surface area (Å²) < 4.78 is 0. The summed E-state index contributed by atoms with van der Waals surface area (Å²) >= 11 is 0. The fourth-order valence-electron chi connectivity index (χ4n) is 2.38. The van der Waals surface area contributed by atoms with Crippen LogP contribution in [-0.4, -0.2) is 6.54 Å². The summed E-state index contributed by atoms with van der Waals surface area (Å²) in [4.78, 5) is 0. The van der Waals surface area contributed by atoms with Crippen LogP contribution in [0.4, 0.5) is 5.69 Å². The summed E-state index contributed by atoms with van der Waals surface area (Å²) in [7, 11) is 0. The third-order valence-corrected chi connectivity index (χ3v) is 3.61. The average Bonchev–Trinajstić information content (AvgIpc) is 2.47. The van der Waals surface area contributed by atoms with E-state index in [9.17, 15) is 0 Å². The zero-order valence-corrected chi connectivity index (χ0v) is 12.6. The van der Waals surface area contributed by atoms with Crippen molar-refractivity contribution >= 4 is 11.3 Å². The van der Waals surface area contributed by atoms with E-state index in [0.29, 0.717) is 0 Å². The smallest absolute Gasteiger partial charge is 0.0340 e. The molecule has 0 saturated heterocycles. The highest BCUT2D eigenvalue weighted by Gasteiger charge is 2.03. The summed E-state index contributed by atoms with van der Waals surface area (Å²) in [5.74, 6) is 0. The van der Waals surface area contributed by atoms with Crippen LogP contribution in [0.25, 0.3) is 5.57 Å². The first kappa shape index (κ1) is 14.4. The van der Waals surface area contributed by atoms with Gasteiger partial charge in [0, 0.05) is 12.2 Å². The molecule has 0 fully saturated rings. The van der Waals surface area contributed by atoms with Crippen molar-refractivity contribution < 1.29 is 0 Å². The number of hydrogen-bond donors (Lipinski definition) is 1. The largest absolute Gasteiger partial charge is 0.385 e. The van der Waals surface area contributed by atoms with Crippen molar-refractivity contribution in [1.82, 2.24) is 0 Å². The Balaban J connectivity index is 1.95. The first-order chi connectivity index (χ1) is 9.70. The maximum atomic E-state index is 3.49. The minimum atomic E-state index is 0.955. The molecule has 0 amide bonds. The van der Waals surface area contributed by atoms with E-state index >= 15 is 0 Å². The second-order valence-electron chi connectivity index (χ2n) is 5.17. The molecule has 0 unspecified atom stereocenters. The van der Waals surface area contributed by atoms with Gasteiger partial charge in [-0.3, -0.25) is 0 Å². The number of allylic oxidation sites excluding steroid dienone is 1. The van der Waals surface area contributed by atoms with Gasteiger partial charge in [-0.15, -0.1) is 0 Å². The molecule has 1 heteroatoms. The fourth-order valence-corrected chi connectivity index (χ4v) is 2.38. The van der Waals surface area contributed by atoms with Gasteiger partial charge in [0.25, 0.3) is 0 Å². The Morgan fingerprint density at radius 2 is 1.70 bits per heavy atom. The van der Waals surface area contributed by atoms with Crippen molar-refractivity contribution in [1.29, 1.82) is 0 Å². The highest BCUT2D eigenvalue weighted by atomic mass is 14.9. The van der Waals surface area contributed by atoms with E-state index in [2.05, 4.69) is 80.7 Å². The van der Waals surface area contributed by atoms with Crippen molar-refractivity contribution in [2.24, 2.45) is 0 Å². The van der Waals surface area contributed by atoms with Crippen LogP contribution in [0.2, 0.25) is 0 Å². The van der Waals surface area contributed by atoms with Gasteiger partial charge in [-0.05, 0) is 56.0 Å². The van der Waals surface area contributed by atoms with Crippen LogP contribution in [0, 0.1) is 13.8 Å². The molecule has 2 aromatic rings.